The topological polar surface area (TPSA) is 40.0 Å². The molecule has 2 rings (SSSR count). The highest BCUT2D eigenvalue weighted by Crippen LogP contribution is 2.22. The highest BCUT2D eigenvalue weighted by Gasteiger charge is 2.14. The van der Waals surface area contributed by atoms with Crippen molar-refractivity contribution < 1.29 is 0 Å². The van der Waals surface area contributed by atoms with Crippen molar-refractivity contribution in [1.29, 1.82) is 5.41 Å². The van der Waals surface area contributed by atoms with Gasteiger partial charge in [-0.3, -0.25) is 5.41 Å². The predicted molar refractivity (Wildman–Crippen MR) is 79.2 cm³/mol. The van der Waals surface area contributed by atoms with E-state index in [0.717, 1.165) is 28.5 Å². The Morgan fingerprint density at radius 3 is 2.61 bits per heavy atom. The van der Waals surface area contributed by atoms with Gasteiger partial charge >= 0.3 is 0 Å². The molecule has 18 heavy (non-hydrogen) atoms. The van der Waals surface area contributed by atoms with E-state index >= 15 is 0 Å². The quantitative estimate of drug-likeness (QED) is 0.694. The highest BCUT2D eigenvalue weighted by molar-refractivity contribution is 9.10. The minimum Gasteiger partial charge on any atom is -0.356 e. The number of halogens is 1. The van der Waals surface area contributed by atoms with Gasteiger partial charge in [-0.1, -0.05) is 18.2 Å². The lowest BCUT2D eigenvalue weighted by molar-refractivity contribution is 0.462. The Bertz CT molecular complexity index is 576. The highest BCUT2D eigenvalue weighted by atomic mass is 79.9. The van der Waals surface area contributed by atoms with Crippen molar-refractivity contribution >= 4 is 32.7 Å². The molecule has 0 saturated carbocycles. The first-order valence-corrected chi connectivity index (χ1v) is 6.85. The Morgan fingerprint density at radius 1 is 1.28 bits per heavy atom. The fourth-order valence-corrected chi connectivity index (χ4v) is 2.47. The molecule has 0 aliphatic heterocycles. The summed E-state index contributed by atoms with van der Waals surface area (Å²) in [7, 11) is 0. The Hall–Kier alpha value is -1.42. The molecule has 1 aromatic heterocycles. The van der Waals surface area contributed by atoms with Gasteiger partial charge in [-0.05, 0) is 41.9 Å². The number of rotatable bonds is 3. The van der Waals surface area contributed by atoms with E-state index in [1.807, 2.05) is 49.1 Å². The van der Waals surface area contributed by atoms with E-state index in [1.54, 1.807) is 0 Å². The normalized spacial score (nSPS) is 10.6. The molecule has 1 aromatic carbocycles. The van der Waals surface area contributed by atoms with Crippen LogP contribution >= 0.6 is 15.9 Å². The van der Waals surface area contributed by atoms with Crippen LogP contribution in [0.15, 0.2) is 34.8 Å². The first-order chi connectivity index (χ1) is 8.67. The first kappa shape index (κ1) is 13.0. The van der Waals surface area contributed by atoms with Gasteiger partial charge in [0.15, 0.2) is 0 Å². The number of hydrogen-bond acceptors (Lipinski definition) is 2. The molecule has 0 amide bonds. The van der Waals surface area contributed by atoms with Crippen LogP contribution in [0.4, 0.5) is 0 Å². The first-order valence-electron chi connectivity index (χ1n) is 6.06. The number of benzene rings is 1. The van der Waals surface area contributed by atoms with Gasteiger partial charge < -0.3 is 4.90 Å². The van der Waals surface area contributed by atoms with Gasteiger partial charge in [0.2, 0.25) is 0 Å². The third-order valence-corrected chi connectivity index (χ3v) is 3.59. The number of aromatic nitrogens is 1. The molecule has 0 aliphatic carbocycles. The van der Waals surface area contributed by atoms with Crippen LogP contribution in [-0.2, 0) is 0 Å². The molecule has 94 valence electrons. The summed E-state index contributed by atoms with van der Waals surface area (Å²) in [5, 5.41) is 9.32. The van der Waals surface area contributed by atoms with Crippen molar-refractivity contribution in [1.82, 2.24) is 9.88 Å². The van der Waals surface area contributed by atoms with Crippen molar-refractivity contribution in [3.05, 3.63) is 40.5 Å². The van der Waals surface area contributed by atoms with Crippen LogP contribution in [0.2, 0.25) is 0 Å². The molecule has 1 heterocycles. The summed E-state index contributed by atoms with van der Waals surface area (Å²) in [6, 6.07) is 9.98. The fraction of sp³-hybridized carbons (Fsp3) is 0.286. The minimum absolute atomic E-state index is 0.470. The largest absolute Gasteiger partial charge is 0.356 e. The van der Waals surface area contributed by atoms with E-state index in [9.17, 15) is 0 Å². The van der Waals surface area contributed by atoms with Gasteiger partial charge in [0.25, 0.3) is 0 Å². The molecular formula is C14H16BrN3. The smallest absolute Gasteiger partial charge is 0.148 e. The van der Waals surface area contributed by atoms with Crippen LogP contribution in [-0.4, -0.2) is 28.8 Å². The zero-order valence-electron chi connectivity index (χ0n) is 10.6. The zero-order chi connectivity index (χ0) is 13.1. The second-order valence-electron chi connectivity index (χ2n) is 4.03. The van der Waals surface area contributed by atoms with Crippen LogP contribution in [0.1, 0.15) is 19.5 Å². The van der Waals surface area contributed by atoms with Crippen molar-refractivity contribution in [2.75, 3.05) is 13.1 Å². The number of nitrogens with one attached hydrogen (secondary N) is 1. The van der Waals surface area contributed by atoms with Gasteiger partial charge in [-0.25, -0.2) is 4.98 Å². The molecule has 3 nitrogen and oxygen atoms in total. The Kier molecular flexibility index (Phi) is 3.97. The SMILES string of the molecule is CCN(CC)C(=N)c1nc2ccccc2cc1Br. The number of para-hydroxylation sites is 1. The Labute approximate surface area is 115 Å². The molecule has 0 radical (unpaired) electrons. The Morgan fingerprint density at radius 2 is 1.94 bits per heavy atom. The van der Waals surface area contributed by atoms with Crippen LogP contribution in [0, 0.1) is 5.41 Å². The average molecular weight is 306 g/mol. The number of pyridine rings is 1. The maximum absolute atomic E-state index is 8.24. The summed E-state index contributed by atoms with van der Waals surface area (Å²) in [6.45, 7) is 5.73. The van der Waals surface area contributed by atoms with Gasteiger partial charge in [-0.2, -0.15) is 0 Å². The molecule has 1 N–H and O–H groups in total. The molecule has 0 atom stereocenters. The zero-order valence-corrected chi connectivity index (χ0v) is 12.2. The van der Waals surface area contributed by atoms with Crippen molar-refractivity contribution in [3.63, 3.8) is 0 Å². The van der Waals surface area contributed by atoms with Crippen LogP contribution < -0.4 is 0 Å². The molecule has 0 aliphatic rings. The number of nitrogens with zero attached hydrogens (tertiary/aromatic N) is 2. The average Bonchev–Trinajstić information content (AvgIpc) is 2.39. The fourth-order valence-electron chi connectivity index (χ4n) is 1.95. The molecule has 4 heteroatoms. The van der Waals surface area contributed by atoms with Gasteiger partial charge in [0.1, 0.15) is 11.5 Å². The van der Waals surface area contributed by atoms with Gasteiger partial charge in [0.05, 0.1) is 5.52 Å². The predicted octanol–water partition coefficient (Wildman–Crippen LogP) is 3.66. The van der Waals surface area contributed by atoms with E-state index in [1.165, 1.54) is 0 Å². The van der Waals surface area contributed by atoms with Crippen LogP contribution in [0.5, 0.6) is 0 Å². The molecule has 0 fully saturated rings. The summed E-state index contributed by atoms with van der Waals surface area (Å²) in [5.41, 5.74) is 1.63. The number of fused-ring (bicyclic) bond motifs is 1. The van der Waals surface area contributed by atoms with E-state index in [2.05, 4.69) is 20.9 Å². The van der Waals surface area contributed by atoms with Gasteiger partial charge in [0, 0.05) is 22.9 Å². The lowest BCUT2D eigenvalue weighted by Crippen LogP contribution is -2.31. The van der Waals surface area contributed by atoms with Crippen LogP contribution in [0.25, 0.3) is 10.9 Å². The molecule has 0 bridgehead atoms. The van der Waals surface area contributed by atoms with Crippen molar-refractivity contribution in [2.24, 2.45) is 0 Å². The maximum atomic E-state index is 8.24. The molecular weight excluding hydrogens is 290 g/mol. The number of amidine groups is 1. The molecule has 0 unspecified atom stereocenters. The second kappa shape index (κ2) is 5.48. The van der Waals surface area contributed by atoms with E-state index in [0.29, 0.717) is 11.5 Å². The maximum Gasteiger partial charge on any atom is 0.148 e. The lowest BCUT2D eigenvalue weighted by Gasteiger charge is -2.21. The second-order valence-corrected chi connectivity index (χ2v) is 4.89. The summed E-state index contributed by atoms with van der Waals surface area (Å²) in [6.07, 6.45) is 0. The van der Waals surface area contributed by atoms with E-state index in [-0.39, 0.29) is 0 Å². The molecule has 2 aromatic rings. The summed E-state index contributed by atoms with van der Waals surface area (Å²) in [4.78, 5) is 6.57. The standard InChI is InChI=1S/C14H16BrN3/c1-3-18(4-2)14(16)13-11(15)9-10-7-5-6-8-12(10)17-13/h5-9,16H,3-4H2,1-2H3. The molecule has 0 saturated heterocycles. The summed E-state index contributed by atoms with van der Waals surface area (Å²) >= 11 is 3.51. The summed E-state index contributed by atoms with van der Waals surface area (Å²) < 4.78 is 0.873. The Balaban J connectivity index is 2.50. The molecule has 0 spiro atoms. The van der Waals surface area contributed by atoms with Crippen molar-refractivity contribution in [2.45, 2.75) is 13.8 Å². The third kappa shape index (κ3) is 2.38. The van der Waals surface area contributed by atoms with E-state index < -0.39 is 0 Å². The van der Waals surface area contributed by atoms with Crippen LogP contribution in [0.3, 0.4) is 0 Å². The third-order valence-electron chi connectivity index (χ3n) is 2.98. The monoisotopic (exact) mass is 305 g/mol. The van der Waals surface area contributed by atoms with Crippen molar-refractivity contribution in [3.8, 4) is 0 Å². The minimum atomic E-state index is 0.470. The lowest BCUT2D eigenvalue weighted by atomic mass is 10.2. The van der Waals surface area contributed by atoms with E-state index in [4.69, 9.17) is 5.41 Å². The summed E-state index contributed by atoms with van der Waals surface area (Å²) in [5.74, 6) is 0.470. The number of hydrogen-bond donors (Lipinski definition) is 1. The van der Waals surface area contributed by atoms with Gasteiger partial charge in [-0.15, -0.1) is 0 Å².